The molecule has 2 amide bonds. The molecule has 1 aromatic rings. The lowest BCUT2D eigenvalue weighted by Gasteiger charge is -2.09. The fourth-order valence-corrected chi connectivity index (χ4v) is 4.53. The van der Waals surface area contributed by atoms with E-state index in [1.165, 1.54) is 32.1 Å². The second-order valence-corrected chi connectivity index (χ2v) is 10.6. The Kier molecular flexibility index (Phi) is 19.6. The molecule has 0 aromatic heterocycles. The molecule has 0 saturated heterocycles. The van der Waals surface area contributed by atoms with Crippen molar-refractivity contribution < 1.29 is 38.3 Å². The van der Waals surface area contributed by atoms with Crippen molar-refractivity contribution in [2.45, 2.75) is 115 Å². The molecule has 1 rings (SSSR count). The van der Waals surface area contributed by atoms with Crippen LogP contribution in [0.4, 0.5) is 8.78 Å². The van der Waals surface area contributed by atoms with E-state index in [2.05, 4.69) is 10.6 Å². The van der Waals surface area contributed by atoms with Crippen LogP contribution in [0, 0.1) is 11.6 Å². The summed E-state index contributed by atoms with van der Waals surface area (Å²) in [6.45, 7) is 0.878. The Bertz CT molecular complexity index is 900. The van der Waals surface area contributed by atoms with Crippen LogP contribution in [0.5, 0.6) is 0 Å². The molecule has 0 unspecified atom stereocenters. The van der Waals surface area contributed by atoms with Crippen LogP contribution in [0.15, 0.2) is 12.1 Å². The van der Waals surface area contributed by atoms with E-state index in [1.807, 2.05) is 0 Å². The number of carbonyl (C=O) groups is 3. The van der Waals surface area contributed by atoms with Crippen molar-refractivity contribution in [2.75, 3.05) is 13.1 Å². The summed E-state index contributed by atoms with van der Waals surface area (Å²) in [5.74, 6) is -4.05. The third kappa shape index (κ3) is 17.1. The maximum atomic E-state index is 14.0. The normalized spacial score (nSPS) is 11.7. The van der Waals surface area contributed by atoms with Gasteiger partial charge in [-0.2, -0.15) is 0 Å². The molecule has 1 atom stereocenters. The van der Waals surface area contributed by atoms with Crippen molar-refractivity contribution in [3.8, 4) is 0 Å². The molecule has 0 aliphatic heterocycles. The number of carboxylic acids is 1. The number of nitrogens with two attached hydrogens (primary N) is 1. The third-order valence-corrected chi connectivity index (χ3v) is 7.04. The van der Waals surface area contributed by atoms with Gasteiger partial charge >= 0.3 is 13.1 Å². The third-order valence-electron chi connectivity index (χ3n) is 7.04. The van der Waals surface area contributed by atoms with Gasteiger partial charge < -0.3 is 31.5 Å². The fourth-order valence-electron chi connectivity index (χ4n) is 4.53. The number of aliphatic carboxylic acids is 1. The number of carboxylic acid groups (broad SMARTS) is 1. The Hall–Kier alpha value is -2.57. The molecule has 0 spiro atoms. The van der Waals surface area contributed by atoms with Crippen LogP contribution in [0.3, 0.4) is 0 Å². The number of halogens is 2. The topological polar surface area (TPSA) is 162 Å². The van der Waals surface area contributed by atoms with E-state index in [0.717, 1.165) is 63.5 Å². The minimum Gasteiger partial charge on any atom is -0.480 e. The lowest BCUT2D eigenvalue weighted by molar-refractivity contribution is -0.138. The largest absolute Gasteiger partial charge is 0.488 e. The van der Waals surface area contributed by atoms with Crippen molar-refractivity contribution in [1.29, 1.82) is 0 Å². The Morgan fingerprint density at radius 3 is 1.66 bits per heavy atom. The van der Waals surface area contributed by atoms with Crippen LogP contribution in [-0.2, 0) is 9.59 Å². The predicted octanol–water partition coefficient (Wildman–Crippen LogP) is 3.53. The van der Waals surface area contributed by atoms with Gasteiger partial charge in [-0.05, 0) is 49.7 Å². The van der Waals surface area contributed by atoms with Gasteiger partial charge in [-0.1, -0.05) is 70.6 Å². The zero-order valence-corrected chi connectivity index (χ0v) is 24.1. The van der Waals surface area contributed by atoms with Gasteiger partial charge in [-0.25, -0.2) is 8.78 Å². The number of carbonyl (C=O) groups excluding carboxylic acids is 2. The van der Waals surface area contributed by atoms with E-state index in [4.69, 9.17) is 20.9 Å². The van der Waals surface area contributed by atoms with Gasteiger partial charge in [0.25, 0.3) is 5.91 Å². The Morgan fingerprint density at radius 2 is 1.17 bits per heavy atom. The predicted molar refractivity (Wildman–Crippen MR) is 156 cm³/mol. The summed E-state index contributed by atoms with van der Waals surface area (Å²) in [4.78, 5) is 34.5. The number of hydrogen-bond donors (Lipinski definition) is 6. The van der Waals surface area contributed by atoms with Crippen molar-refractivity contribution >= 4 is 30.4 Å². The molecule has 0 fully saturated rings. The number of amides is 2. The molecule has 0 bridgehead atoms. The van der Waals surface area contributed by atoms with Crippen LogP contribution < -0.4 is 21.8 Å². The summed E-state index contributed by atoms with van der Waals surface area (Å²) in [5.41, 5.74) is 4.37. The summed E-state index contributed by atoms with van der Waals surface area (Å²) in [6, 6.07) is 0.651. The zero-order chi connectivity index (χ0) is 30.5. The molecule has 41 heavy (non-hydrogen) atoms. The highest BCUT2D eigenvalue weighted by Gasteiger charge is 2.22. The number of unbranched alkanes of at least 4 members (excludes halogenated alkanes) is 13. The summed E-state index contributed by atoms with van der Waals surface area (Å²) in [7, 11) is -2.01. The van der Waals surface area contributed by atoms with Crippen molar-refractivity contribution in [1.82, 2.24) is 10.6 Å². The molecule has 0 aliphatic rings. The molecule has 1 aromatic carbocycles. The second kappa shape index (κ2) is 22.1. The summed E-state index contributed by atoms with van der Waals surface area (Å²) < 4.78 is 28.0. The zero-order valence-electron chi connectivity index (χ0n) is 24.1. The lowest BCUT2D eigenvalue weighted by atomic mass is 9.79. The number of rotatable bonds is 24. The van der Waals surface area contributed by atoms with Crippen LogP contribution in [0.25, 0.3) is 0 Å². The maximum absolute atomic E-state index is 14.0. The van der Waals surface area contributed by atoms with Crippen molar-refractivity contribution in [3.63, 3.8) is 0 Å². The molecular weight excluding hydrogens is 535 g/mol. The number of nitrogens with one attached hydrogen (secondary N) is 2. The summed E-state index contributed by atoms with van der Waals surface area (Å²) in [6.07, 6.45) is 16.4. The number of benzene rings is 1. The van der Waals surface area contributed by atoms with Gasteiger partial charge in [0.2, 0.25) is 5.91 Å². The molecule has 0 saturated carbocycles. The first-order valence-electron chi connectivity index (χ1n) is 15.0. The molecule has 0 radical (unpaired) electrons. The van der Waals surface area contributed by atoms with Gasteiger partial charge in [-0.3, -0.25) is 14.4 Å². The number of hydrogen-bond acceptors (Lipinski definition) is 6. The highest BCUT2D eigenvalue weighted by atomic mass is 19.1. The SMILES string of the molecule is N[C@@H](CCCCNC(=O)CCCCCCCCCCCCCCCNC(=O)c1c(F)cc(B(O)O)cc1F)C(=O)O. The maximum Gasteiger partial charge on any atom is 0.488 e. The van der Waals surface area contributed by atoms with E-state index in [-0.39, 0.29) is 11.4 Å². The first kappa shape index (κ1) is 36.5. The minimum absolute atomic E-state index is 0.0513. The first-order valence-corrected chi connectivity index (χ1v) is 15.0. The van der Waals surface area contributed by atoms with Gasteiger partial charge in [0, 0.05) is 19.5 Å². The lowest BCUT2D eigenvalue weighted by Crippen LogP contribution is -2.33. The van der Waals surface area contributed by atoms with Crippen LogP contribution in [0.2, 0.25) is 0 Å². The van der Waals surface area contributed by atoms with Crippen molar-refractivity contribution in [2.24, 2.45) is 5.73 Å². The fraction of sp³-hybridized carbons (Fsp3) is 0.690. The van der Waals surface area contributed by atoms with Crippen LogP contribution in [-0.4, -0.2) is 59.2 Å². The Labute approximate surface area is 242 Å². The first-order chi connectivity index (χ1) is 19.6. The van der Waals surface area contributed by atoms with Crippen LogP contribution in [0.1, 0.15) is 120 Å². The van der Waals surface area contributed by atoms with E-state index in [1.54, 1.807) is 0 Å². The summed E-state index contributed by atoms with van der Waals surface area (Å²) in [5, 5.41) is 32.1. The molecule has 12 heteroatoms. The highest BCUT2D eigenvalue weighted by molar-refractivity contribution is 6.58. The minimum atomic E-state index is -2.01. The molecule has 0 aliphatic carbocycles. The van der Waals surface area contributed by atoms with Gasteiger partial charge in [0.1, 0.15) is 23.2 Å². The molecule has 0 heterocycles. The van der Waals surface area contributed by atoms with E-state index in [0.29, 0.717) is 38.8 Å². The van der Waals surface area contributed by atoms with Gasteiger partial charge in [0.05, 0.1) is 0 Å². The van der Waals surface area contributed by atoms with Gasteiger partial charge in [-0.15, -0.1) is 0 Å². The summed E-state index contributed by atoms with van der Waals surface area (Å²) >= 11 is 0. The smallest absolute Gasteiger partial charge is 0.480 e. The van der Waals surface area contributed by atoms with E-state index in [9.17, 15) is 23.2 Å². The van der Waals surface area contributed by atoms with Crippen molar-refractivity contribution in [3.05, 3.63) is 29.3 Å². The quantitative estimate of drug-likeness (QED) is 0.0801. The monoisotopic (exact) mass is 583 g/mol. The van der Waals surface area contributed by atoms with Gasteiger partial charge in [0.15, 0.2) is 0 Å². The highest BCUT2D eigenvalue weighted by Crippen LogP contribution is 2.14. The second-order valence-electron chi connectivity index (χ2n) is 10.6. The van der Waals surface area contributed by atoms with E-state index >= 15 is 0 Å². The molecule has 7 N–H and O–H groups in total. The standard InChI is InChI=1S/C29H48BF2N3O6/c31-23-20-22(30(40)41)21-24(32)27(23)28(37)35-19-14-11-9-7-5-3-1-2-4-6-8-10-12-17-26(36)34-18-15-13-16-25(33)29(38)39/h20-21,25,40-41H,1-19,33H2,(H,34,36)(H,35,37)(H,38,39)/t25-/m0/s1. The Morgan fingerprint density at radius 1 is 0.732 bits per heavy atom. The average Bonchev–Trinajstić information content (AvgIpc) is 2.91. The van der Waals surface area contributed by atoms with Crippen LogP contribution >= 0.6 is 0 Å². The molecule has 9 nitrogen and oxygen atoms in total. The average molecular weight is 584 g/mol. The van der Waals surface area contributed by atoms with E-state index < -0.39 is 42.2 Å². The molecular formula is C29H48BF2N3O6. The molecule has 232 valence electrons. The Balaban J connectivity index is 1.89.